The summed E-state index contributed by atoms with van der Waals surface area (Å²) in [6.07, 6.45) is 3.27. The van der Waals surface area contributed by atoms with E-state index >= 15 is 0 Å². The first kappa shape index (κ1) is 25.1. The molecule has 0 bridgehead atoms. The first-order valence-electron chi connectivity index (χ1n) is 10.2. The maximum absolute atomic E-state index is 5.90. The van der Waals surface area contributed by atoms with E-state index in [4.69, 9.17) is 14.2 Å². The van der Waals surface area contributed by atoms with Crippen LogP contribution in [0.5, 0.6) is 0 Å². The highest BCUT2D eigenvalue weighted by Crippen LogP contribution is 2.15. The largest absolute Gasteiger partial charge is 0.379 e. The molecule has 0 amide bonds. The molecule has 1 heterocycles. The van der Waals surface area contributed by atoms with Gasteiger partial charge in [-0.3, -0.25) is 4.99 Å². The smallest absolute Gasteiger partial charge is 0.191 e. The van der Waals surface area contributed by atoms with Crippen molar-refractivity contribution in [1.29, 1.82) is 0 Å². The van der Waals surface area contributed by atoms with Crippen molar-refractivity contribution in [2.45, 2.75) is 45.3 Å². The van der Waals surface area contributed by atoms with Crippen LogP contribution >= 0.6 is 24.0 Å². The summed E-state index contributed by atoms with van der Waals surface area (Å²) in [5, 5.41) is 6.64. The number of ether oxygens (including phenoxy) is 3. The first-order chi connectivity index (χ1) is 13.3. The van der Waals surface area contributed by atoms with Crippen molar-refractivity contribution in [2.24, 2.45) is 4.99 Å². The monoisotopic (exact) mass is 505 g/mol. The predicted molar refractivity (Wildman–Crippen MR) is 125 cm³/mol. The quantitative estimate of drug-likeness (QED) is 0.197. The lowest BCUT2D eigenvalue weighted by Gasteiger charge is -2.15. The average molecular weight is 505 g/mol. The second-order valence-electron chi connectivity index (χ2n) is 6.67. The molecular formula is C21H36IN3O3. The summed E-state index contributed by atoms with van der Waals surface area (Å²) >= 11 is 0. The van der Waals surface area contributed by atoms with Crippen molar-refractivity contribution < 1.29 is 14.2 Å². The SMILES string of the molecule is CCNC(=NCCCOC1CCOC1)NCCCOC(C)c1ccccc1.I. The van der Waals surface area contributed by atoms with Gasteiger partial charge in [0.15, 0.2) is 5.96 Å². The van der Waals surface area contributed by atoms with Crippen molar-refractivity contribution in [2.75, 3.05) is 46.1 Å². The zero-order valence-corrected chi connectivity index (χ0v) is 19.5. The van der Waals surface area contributed by atoms with Crippen LogP contribution in [-0.2, 0) is 14.2 Å². The molecule has 2 rings (SSSR count). The Bertz CT molecular complexity index is 525. The van der Waals surface area contributed by atoms with Crippen LogP contribution in [-0.4, -0.2) is 58.1 Å². The van der Waals surface area contributed by atoms with Gasteiger partial charge in [-0.2, -0.15) is 0 Å². The Morgan fingerprint density at radius 1 is 1.21 bits per heavy atom. The summed E-state index contributed by atoms with van der Waals surface area (Å²) in [5.74, 6) is 0.859. The van der Waals surface area contributed by atoms with Crippen molar-refractivity contribution in [3.63, 3.8) is 0 Å². The van der Waals surface area contributed by atoms with E-state index in [-0.39, 0.29) is 36.2 Å². The third kappa shape index (κ3) is 10.6. The van der Waals surface area contributed by atoms with Gasteiger partial charge in [-0.05, 0) is 38.7 Å². The van der Waals surface area contributed by atoms with Gasteiger partial charge in [-0.15, -0.1) is 24.0 Å². The molecule has 2 unspecified atom stereocenters. The van der Waals surface area contributed by atoms with E-state index in [9.17, 15) is 0 Å². The summed E-state index contributed by atoms with van der Waals surface area (Å²) in [7, 11) is 0. The summed E-state index contributed by atoms with van der Waals surface area (Å²) in [5.41, 5.74) is 1.21. The third-order valence-electron chi connectivity index (χ3n) is 4.41. The minimum absolute atomic E-state index is 0. The van der Waals surface area contributed by atoms with Crippen LogP contribution < -0.4 is 10.6 Å². The van der Waals surface area contributed by atoms with Gasteiger partial charge in [-0.25, -0.2) is 0 Å². The Labute approximate surface area is 186 Å². The minimum Gasteiger partial charge on any atom is -0.379 e. The number of hydrogen-bond acceptors (Lipinski definition) is 4. The number of aliphatic imine (C=N–C) groups is 1. The highest BCUT2D eigenvalue weighted by Gasteiger charge is 2.15. The number of nitrogens with one attached hydrogen (secondary N) is 2. The van der Waals surface area contributed by atoms with Crippen molar-refractivity contribution in [3.8, 4) is 0 Å². The second kappa shape index (κ2) is 16.0. The van der Waals surface area contributed by atoms with Gasteiger partial charge in [0, 0.05) is 39.5 Å². The fourth-order valence-electron chi connectivity index (χ4n) is 2.85. The lowest BCUT2D eigenvalue weighted by Crippen LogP contribution is -2.38. The van der Waals surface area contributed by atoms with Gasteiger partial charge in [0.05, 0.1) is 18.8 Å². The third-order valence-corrected chi connectivity index (χ3v) is 4.41. The lowest BCUT2D eigenvalue weighted by molar-refractivity contribution is 0.0424. The van der Waals surface area contributed by atoms with Gasteiger partial charge >= 0.3 is 0 Å². The summed E-state index contributed by atoms with van der Waals surface area (Å²) in [4.78, 5) is 4.60. The van der Waals surface area contributed by atoms with Crippen molar-refractivity contribution in [3.05, 3.63) is 35.9 Å². The number of hydrogen-bond donors (Lipinski definition) is 2. The number of rotatable bonds is 12. The highest BCUT2D eigenvalue weighted by atomic mass is 127. The van der Waals surface area contributed by atoms with Crippen LogP contribution in [0.1, 0.15) is 44.8 Å². The van der Waals surface area contributed by atoms with Crippen molar-refractivity contribution >= 4 is 29.9 Å². The number of nitrogens with zero attached hydrogens (tertiary/aromatic N) is 1. The maximum Gasteiger partial charge on any atom is 0.191 e. The normalized spacial score (nSPS) is 17.8. The van der Waals surface area contributed by atoms with Crippen LogP contribution in [0.3, 0.4) is 0 Å². The molecule has 0 saturated carbocycles. The fraction of sp³-hybridized carbons (Fsp3) is 0.667. The van der Waals surface area contributed by atoms with Gasteiger partial charge in [0.25, 0.3) is 0 Å². The lowest BCUT2D eigenvalue weighted by atomic mass is 10.1. The molecule has 0 aromatic heterocycles. The molecule has 1 aromatic rings. The fourth-order valence-corrected chi connectivity index (χ4v) is 2.85. The predicted octanol–water partition coefficient (Wildman–Crippen LogP) is 3.52. The summed E-state index contributed by atoms with van der Waals surface area (Å²) < 4.78 is 17.0. The zero-order valence-electron chi connectivity index (χ0n) is 17.2. The standard InChI is InChI=1S/C21H35N3O3.HI/c1-3-22-21(24-13-8-15-27-20-11-16-25-17-20)23-12-7-14-26-18(2)19-9-5-4-6-10-19;/h4-6,9-10,18,20H,3,7-8,11-17H2,1-2H3,(H2,22,23,24);1H. The van der Waals surface area contributed by atoms with Gasteiger partial charge < -0.3 is 24.8 Å². The number of guanidine groups is 1. The van der Waals surface area contributed by atoms with E-state index in [2.05, 4.69) is 41.6 Å². The first-order valence-corrected chi connectivity index (χ1v) is 10.2. The van der Waals surface area contributed by atoms with E-state index in [1.54, 1.807) is 0 Å². The molecule has 1 aromatic carbocycles. The van der Waals surface area contributed by atoms with Crippen LogP contribution in [0, 0.1) is 0 Å². The molecule has 6 nitrogen and oxygen atoms in total. The minimum atomic E-state index is 0. The topological polar surface area (TPSA) is 64.1 Å². The Hall–Kier alpha value is -0.900. The molecule has 1 saturated heterocycles. The Morgan fingerprint density at radius 3 is 2.75 bits per heavy atom. The second-order valence-corrected chi connectivity index (χ2v) is 6.67. The van der Waals surface area contributed by atoms with E-state index in [0.717, 1.165) is 71.3 Å². The molecule has 160 valence electrons. The zero-order chi connectivity index (χ0) is 19.2. The molecule has 28 heavy (non-hydrogen) atoms. The average Bonchev–Trinajstić information content (AvgIpc) is 3.21. The molecule has 0 radical (unpaired) electrons. The van der Waals surface area contributed by atoms with E-state index in [1.165, 1.54) is 5.56 Å². The molecule has 7 heteroatoms. The Morgan fingerprint density at radius 2 is 2.04 bits per heavy atom. The van der Waals surface area contributed by atoms with Gasteiger partial charge in [-0.1, -0.05) is 30.3 Å². The molecule has 2 N–H and O–H groups in total. The number of halogens is 1. The van der Waals surface area contributed by atoms with E-state index in [1.807, 2.05) is 18.2 Å². The molecule has 1 aliphatic rings. The molecule has 0 spiro atoms. The van der Waals surface area contributed by atoms with E-state index in [0.29, 0.717) is 0 Å². The molecule has 1 fully saturated rings. The van der Waals surface area contributed by atoms with E-state index < -0.39 is 0 Å². The van der Waals surface area contributed by atoms with Crippen LogP contribution in [0.25, 0.3) is 0 Å². The maximum atomic E-state index is 5.90. The van der Waals surface area contributed by atoms with Crippen molar-refractivity contribution in [1.82, 2.24) is 10.6 Å². The summed E-state index contributed by atoms with van der Waals surface area (Å²) in [6, 6.07) is 10.3. The van der Waals surface area contributed by atoms with Crippen LogP contribution in [0.15, 0.2) is 35.3 Å². The van der Waals surface area contributed by atoms with Crippen LogP contribution in [0.4, 0.5) is 0 Å². The Balaban J connectivity index is 0.00000392. The van der Waals surface area contributed by atoms with Crippen LogP contribution in [0.2, 0.25) is 0 Å². The molecule has 0 aliphatic carbocycles. The van der Waals surface area contributed by atoms with Gasteiger partial charge in [0.1, 0.15) is 0 Å². The molecular weight excluding hydrogens is 469 g/mol. The number of benzene rings is 1. The molecule has 1 aliphatic heterocycles. The van der Waals surface area contributed by atoms with Gasteiger partial charge in [0.2, 0.25) is 0 Å². The Kier molecular flexibility index (Phi) is 14.3. The highest BCUT2D eigenvalue weighted by molar-refractivity contribution is 14.0. The molecule has 2 atom stereocenters. The summed E-state index contributed by atoms with van der Waals surface area (Å²) in [6.45, 7) is 9.63.